The van der Waals surface area contributed by atoms with Crippen molar-refractivity contribution in [3.63, 3.8) is 0 Å². The Morgan fingerprint density at radius 1 is 0.812 bits per heavy atom. The Morgan fingerprint density at radius 3 is 1.81 bits per heavy atom. The van der Waals surface area contributed by atoms with E-state index < -0.39 is 60.1 Å². The normalized spacial score (nSPS) is 16.9. The van der Waals surface area contributed by atoms with Crippen LogP contribution in [-0.2, 0) is 19.2 Å². The number of aliphatic hydroxyl groups excluding tert-OH is 2. The van der Waals surface area contributed by atoms with E-state index in [1.165, 1.54) is 13.8 Å². The van der Waals surface area contributed by atoms with E-state index in [0.29, 0.717) is 19.4 Å². The van der Waals surface area contributed by atoms with Crippen LogP contribution in [0.5, 0.6) is 0 Å². The van der Waals surface area contributed by atoms with Crippen LogP contribution in [-0.4, -0.2) is 81.9 Å². The predicted molar refractivity (Wildman–Crippen MR) is 117 cm³/mol. The van der Waals surface area contributed by atoms with Gasteiger partial charge < -0.3 is 42.7 Å². The third-order valence-corrected chi connectivity index (χ3v) is 4.79. The van der Waals surface area contributed by atoms with Gasteiger partial charge in [-0.1, -0.05) is 13.8 Å². The number of aliphatic hydroxyl groups is 2. The van der Waals surface area contributed by atoms with Crippen LogP contribution in [0.15, 0.2) is 0 Å². The quantitative estimate of drug-likeness (QED) is 0.124. The highest BCUT2D eigenvalue weighted by Crippen LogP contribution is 2.08. The van der Waals surface area contributed by atoms with Gasteiger partial charge in [-0.3, -0.25) is 14.4 Å². The highest BCUT2D eigenvalue weighted by Gasteiger charge is 2.33. The van der Waals surface area contributed by atoms with Crippen LogP contribution in [0.25, 0.3) is 0 Å². The average molecular weight is 462 g/mol. The molecule has 32 heavy (non-hydrogen) atoms. The van der Waals surface area contributed by atoms with Gasteiger partial charge in [0.25, 0.3) is 0 Å². The highest BCUT2D eigenvalue weighted by molar-refractivity contribution is 5.94. The molecule has 0 aromatic heterocycles. The van der Waals surface area contributed by atoms with Gasteiger partial charge >= 0.3 is 5.97 Å². The third kappa shape index (κ3) is 10.8. The molecule has 3 amide bonds. The van der Waals surface area contributed by atoms with Crippen LogP contribution < -0.4 is 27.4 Å². The van der Waals surface area contributed by atoms with Gasteiger partial charge in [-0.2, -0.15) is 0 Å². The monoisotopic (exact) mass is 461 g/mol. The summed E-state index contributed by atoms with van der Waals surface area (Å²) in [7, 11) is 0. The van der Waals surface area contributed by atoms with E-state index in [1.54, 1.807) is 0 Å². The minimum atomic E-state index is -1.44. The van der Waals surface area contributed by atoms with Gasteiger partial charge in [0, 0.05) is 0 Å². The fourth-order valence-corrected chi connectivity index (χ4v) is 2.86. The first-order chi connectivity index (χ1) is 14.8. The standard InChI is InChI=1S/C20H39N5O7/c1-10(2)9-14(20(31)32)24-17(28)13(7-5-6-8-21)23-19(30)16(12(4)27)25-18(29)15(22)11(3)26/h10-16,26-27H,5-9,21-22H2,1-4H3,(H,23,30)(H,24,28)(H,25,29)(H,31,32)/t11-,12-,13+,14+,15+,16+/m1/s1. The topological polar surface area (TPSA) is 217 Å². The molecular formula is C20H39N5O7. The number of aliphatic carboxylic acids is 1. The minimum absolute atomic E-state index is 0.00892. The molecule has 0 saturated carbocycles. The molecule has 0 saturated heterocycles. The molecule has 0 aromatic rings. The van der Waals surface area contributed by atoms with Gasteiger partial charge in [0.2, 0.25) is 17.7 Å². The molecule has 0 aromatic carbocycles. The molecule has 0 bridgehead atoms. The number of nitrogens with one attached hydrogen (secondary N) is 3. The molecule has 0 rings (SSSR count). The summed E-state index contributed by atoms with van der Waals surface area (Å²) < 4.78 is 0. The first-order valence-electron chi connectivity index (χ1n) is 10.8. The van der Waals surface area contributed by atoms with Crippen molar-refractivity contribution in [2.45, 2.75) is 89.8 Å². The molecule has 12 nitrogen and oxygen atoms in total. The van der Waals surface area contributed by atoms with Crippen molar-refractivity contribution in [3.05, 3.63) is 0 Å². The van der Waals surface area contributed by atoms with E-state index in [-0.39, 0.29) is 18.8 Å². The Morgan fingerprint density at radius 2 is 1.38 bits per heavy atom. The number of unbranched alkanes of at least 4 members (excludes halogenated alkanes) is 1. The minimum Gasteiger partial charge on any atom is -0.480 e. The number of nitrogens with two attached hydrogens (primary N) is 2. The van der Waals surface area contributed by atoms with E-state index >= 15 is 0 Å². The zero-order valence-electron chi connectivity index (χ0n) is 19.2. The fourth-order valence-electron chi connectivity index (χ4n) is 2.86. The third-order valence-electron chi connectivity index (χ3n) is 4.79. The Hall–Kier alpha value is -2.28. The molecule has 6 atom stereocenters. The SMILES string of the molecule is CC(C)C[C@H](NC(=O)[C@H](CCCCN)NC(=O)[C@@H](NC(=O)[C@@H](N)[C@@H](C)O)[C@@H](C)O)C(=O)O. The summed E-state index contributed by atoms with van der Waals surface area (Å²) in [5.74, 6) is -3.59. The lowest BCUT2D eigenvalue weighted by molar-refractivity contribution is -0.143. The number of carbonyl (C=O) groups is 4. The van der Waals surface area contributed by atoms with E-state index in [0.717, 1.165) is 0 Å². The number of hydrogen-bond acceptors (Lipinski definition) is 8. The van der Waals surface area contributed by atoms with Gasteiger partial charge in [0.15, 0.2) is 0 Å². The largest absolute Gasteiger partial charge is 0.480 e. The van der Waals surface area contributed by atoms with Crippen LogP contribution in [0.4, 0.5) is 0 Å². The molecule has 0 radical (unpaired) electrons. The Labute approximate surface area is 188 Å². The first-order valence-corrected chi connectivity index (χ1v) is 10.8. The lowest BCUT2D eigenvalue weighted by atomic mass is 10.0. The number of amides is 3. The molecule has 0 unspecified atom stereocenters. The summed E-state index contributed by atoms with van der Waals surface area (Å²) >= 11 is 0. The second kappa shape index (κ2) is 14.7. The predicted octanol–water partition coefficient (Wildman–Crippen LogP) is -2.21. The summed E-state index contributed by atoms with van der Waals surface area (Å²) in [6.45, 7) is 6.57. The van der Waals surface area contributed by atoms with E-state index in [2.05, 4.69) is 16.0 Å². The van der Waals surface area contributed by atoms with E-state index in [9.17, 15) is 34.5 Å². The average Bonchev–Trinajstić information content (AvgIpc) is 2.68. The molecule has 0 spiro atoms. The van der Waals surface area contributed by atoms with Gasteiger partial charge in [-0.15, -0.1) is 0 Å². The number of carbonyl (C=O) groups excluding carboxylic acids is 3. The molecule has 0 heterocycles. The number of rotatable bonds is 15. The van der Waals surface area contributed by atoms with E-state index in [4.69, 9.17) is 11.5 Å². The summed E-state index contributed by atoms with van der Waals surface area (Å²) in [4.78, 5) is 49.1. The van der Waals surface area contributed by atoms with Crippen LogP contribution in [0.3, 0.4) is 0 Å². The maximum Gasteiger partial charge on any atom is 0.326 e. The molecule has 0 aliphatic heterocycles. The van der Waals surface area contributed by atoms with Gasteiger partial charge in [-0.05, 0) is 52.0 Å². The number of hydrogen-bond donors (Lipinski definition) is 8. The lowest BCUT2D eigenvalue weighted by Crippen LogP contribution is -2.60. The maximum atomic E-state index is 12.8. The fraction of sp³-hybridized carbons (Fsp3) is 0.800. The molecule has 12 heteroatoms. The van der Waals surface area contributed by atoms with Gasteiger partial charge in [0.1, 0.15) is 24.2 Å². The van der Waals surface area contributed by atoms with Crippen molar-refractivity contribution in [1.82, 2.24) is 16.0 Å². The molecular weight excluding hydrogens is 422 g/mol. The van der Waals surface area contributed by atoms with E-state index in [1.807, 2.05) is 13.8 Å². The zero-order valence-corrected chi connectivity index (χ0v) is 19.2. The molecule has 0 aliphatic rings. The summed E-state index contributed by atoms with van der Waals surface area (Å²) in [6, 6.07) is -5.00. The second-order valence-corrected chi connectivity index (χ2v) is 8.37. The number of carboxylic acid groups (broad SMARTS) is 1. The molecule has 0 fully saturated rings. The van der Waals surface area contributed by atoms with Gasteiger partial charge in [-0.25, -0.2) is 4.79 Å². The Balaban J connectivity index is 5.45. The van der Waals surface area contributed by atoms with Crippen molar-refractivity contribution in [2.75, 3.05) is 6.54 Å². The van der Waals surface area contributed by atoms with Crippen LogP contribution in [0, 0.1) is 5.92 Å². The highest BCUT2D eigenvalue weighted by atomic mass is 16.4. The van der Waals surface area contributed by atoms with Crippen molar-refractivity contribution in [3.8, 4) is 0 Å². The zero-order chi connectivity index (χ0) is 25.0. The smallest absolute Gasteiger partial charge is 0.326 e. The Kier molecular flexibility index (Phi) is 13.7. The van der Waals surface area contributed by atoms with Crippen LogP contribution in [0.2, 0.25) is 0 Å². The lowest BCUT2D eigenvalue weighted by Gasteiger charge is -2.27. The summed E-state index contributed by atoms with van der Waals surface area (Å²) in [5, 5.41) is 35.9. The van der Waals surface area contributed by atoms with Crippen LogP contribution >= 0.6 is 0 Å². The molecule has 0 aliphatic carbocycles. The van der Waals surface area contributed by atoms with Gasteiger partial charge in [0.05, 0.1) is 12.2 Å². The number of carboxylic acids is 1. The van der Waals surface area contributed by atoms with Crippen molar-refractivity contribution < 1.29 is 34.5 Å². The van der Waals surface area contributed by atoms with Crippen molar-refractivity contribution >= 4 is 23.7 Å². The Bertz CT molecular complexity index is 627. The van der Waals surface area contributed by atoms with Crippen LogP contribution in [0.1, 0.15) is 53.4 Å². The second-order valence-electron chi connectivity index (χ2n) is 8.37. The summed E-state index contributed by atoms with van der Waals surface area (Å²) in [5.41, 5.74) is 11.0. The maximum absolute atomic E-state index is 12.8. The first kappa shape index (κ1) is 29.7. The van der Waals surface area contributed by atoms with Crippen molar-refractivity contribution in [2.24, 2.45) is 17.4 Å². The summed E-state index contributed by atoms with van der Waals surface area (Å²) in [6.07, 6.45) is -1.08. The molecule has 10 N–H and O–H groups in total. The van der Waals surface area contributed by atoms with Crippen molar-refractivity contribution in [1.29, 1.82) is 0 Å². The molecule has 186 valence electrons.